The minimum atomic E-state index is 0.0825. The Bertz CT molecular complexity index is 477. The van der Waals surface area contributed by atoms with E-state index in [1.54, 1.807) is 6.20 Å². The summed E-state index contributed by atoms with van der Waals surface area (Å²) in [5, 5.41) is 0. The van der Waals surface area contributed by atoms with Gasteiger partial charge in [0.25, 0.3) is 0 Å². The summed E-state index contributed by atoms with van der Waals surface area (Å²) in [4.78, 5) is 7.35. The second kappa shape index (κ2) is 5.71. The van der Waals surface area contributed by atoms with E-state index in [0.717, 1.165) is 17.9 Å². The molecule has 3 nitrogen and oxygen atoms in total. The van der Waals surface area contributed by atoms with Gasteiger partial charge in [-0.25, -0.2) is 0 Å². The summed E-state index contributed by atoms with van der Waals surface area (Å²) < 4.78 is 6.12. The molecule has 0 fully saturated rings. The number of ether oxygens (including phenoxy) is 1. The van der Waals surface area contributed by atoms with E-state index in [1.807, 2.05) is 31.5 Å². The summed E-state index contributed by atoms with van der Waals surface area (Å²) >= 11 is 0. The lowest BCUT2D eigenvalue weighted by Gasteiger charge is -2.21. The van der Waals surface area contributed by atoms with Crippen molar-refractivity contribution < 1.29 is 4.74 Å². The number of H-pyrrole nitrogens is 1. The molecule has 2 rings (SSSR count). The Morgan fingerprint density at radius 2 is 2.17 bits per heavy atom. The first-order valence-corrected chi connectivity index (χ1v) is 6.37. The first-order chi connectivity index (χ1) is 8.66. The molecule has 0 saturated carbocycles. The van der Waals surface area contributed by atoms with Crippen molar-refractivity contribution in [1.82, 2.24) is 9.97 Å². The van der Waals surface area contributed by atoms with Gasteiger partial charge < -0.3 is 9.72 Å². The maximum atomic E-state index is 6.12. The molecule has 1 unspecified atom stereocenters. The minimum absolute atomic E-state index is 0.0825. The molecule has 18 heavy (non-hydrogen) atoms. The maximum Gasteiger partial charge on any atom is 0.141 e. The molecule has 0 aliphatic rings. The molecule has 0 bridgehead atoms. The van der Waals surface area contributed by atoms with Crippen LogP contribution in [0.3, 0.4) is 0 Å². The summed E-state index contributed by atoms with van der Waals surface area (Å²) in [6, 6.07) is 5.95. The number of aromatic nitrogens is 2. The Hall–Kier alpha value is -1.77. The topological polar surface area (TPSA) is 37.9 Å². The molecule has 0 amide bonds. The highest BCUT2D eigenvalue weighted by molar-refractivity contribution is 5.27. The van der Waals surface area contributed by atoms with Gasteiger partial charge in [0.15, 0.2) is 0 Å². The highest BCUT2D eigenvalue weighted by atomic mass is 16.5. The second-order valence-corrected chi connectivity index (χ2v) is 4.97. The lowest BCUT2D eigenvalue weighted by molar-refractivity contribution is 0.175. The molecule has 0 aliphatic carbocycles. The van der Waals surface area contributed by atoms with Crippen LogP contribution in [-0.2, 0) is 0 Å². The summed E-state index contributed by atoms with van der Waals surface area (Å²) in [7, 11) is 0. The van der Waals surface area contributed by atoms with Gasteiger partial charge in [0.2, 0.25) is 0 Å². The van der Waals surface area contributed by atoms with E-state index in [1.165, 1.54) is 5.56 Å². The third kappa shape index (κ3) is 3.13. The van der Waals surface area contributed by atoms with Crippen molar-refractivity contribution in [3.63, 3.8) is 0 Å². The molecular formula is C15H20N2O. The van der Waals surface area contributed by atoms with E-state index in [2.05, 4.69) is 29.9 Å². The third-order valence-electron chi connectivity index (χ3n) is 2.91. The van der Waals surface area contributed by atoms with Gasteiger partial charge in [-0.05, 0) is 37.5 Å². The minimum Gasteiger partial charge on any atom is -0.484 e. The number of aromatic amines is 1. The van der Waals surface area contributed by atoms with Crippen LogP contribution in [0, 0.1) is 12.8 Å². The zero-order valence-electron chi connectivity index (χ0n) is 11.2. The molecule has 2 aromatic heterocycles. The molecular weight excluding hydrogens is 224 g/mol. The Labute approximate surface area is 108 Å². The van der Waals surface area contributed by atoms with Crippen LogP contribution in [0.1, 0.15) is 37.6 Å². The van der Waals surface area contributed by atoms with Crippen LogP contribution in [0.2, 0.25) is 0 Å². The smallest absolute Gasteiger partial charge is 0.141 e. The van der Waals surface area contributed by atoms with E-state index in [4.69, 9.17) is 4.74 Å². The average molecular weight is 244 g/mol. The fourth-order valence-electron chi connectivity index (χ4n) is 1.96. The molecule has 1 N–H and O–H groups in total. The van der Waals surface area contributed by atoms with Crippen molar-refractivity contribution in [2.24, 2.45) is 5.92 Å². The first-order valence-electron chi connectivity index (χ1n) is 6.37. The molecule has 0 saturated heterocycles. The lowest BCUT2D eigenvalue weighted by atomic mass is 10.0. The zero-order chi connectivity index (χ0) is 13.0. The Morgan fingerprint density at radius 3 is 2.78 bits per heavy atom. The molecule has 2 aromatic rings. The van der Waals surface area contributed by atoms with Gasteiger partial charge in [-0.3, -0.25) is 4.98 Å². The summed E-state index contributed by atoms with van der Waals surface area (Å²) in [5.41, 5.74) is 2.12. The van der Waals surface area contributed by atoms with Crippen molar-refractivity contribution in [3.8, 4) is 5.75 Å². The van der Waals surface area contributed by atoms with Crippen LogP contribution in [0.25, 0.3) is 0 Å². The fourth-order valence-corrected chi connectivity index (χ4v) is 1.96. The summed E-state index contributed by atoms with van der Waals surface area (Å²) in [6.07, 6.45) is 6.79. The summed E-state index contributed by atoms with van der Waals surface area (Å²) in [6.45, 7) is 6.39. The van der Waals surface area contributed by atoms with E-state index in [9.17, 15) is 0 Å². The molecule has 1 atom stereocenters. The highest BCUT2D eigenvalue weighted by Gasteiger charge is 2.16. The van der Waals surface area contributed by atoms with Crippen LogP contribution in [-0.4, -0.2) is 9.97 Å². The molecule has 0 radical (unpaired) electrons. The SMILES string of the molecule is Cc1ncccc1OC(CC(C)C)c1cc[nH]c1. The van der Waals surface area contributed by atoms with Gasteiger partial charge in [0.05, 0.1) is 5.69 Å². The van der Waals surface area contributed by atoms with Gasteiger partial charge >= 0.3 is 0 Å². The largest absolute Gasteiger partial charge is 0.484 e. The van der Waals surface area contributed by atoms with Crippen LogP contribution in [0.4, 0.5) is 0 Å². The first kappa shape index (κ1) is 12.7. The second-order valence-electron chi connectivity index (χ2n) is 4.97. The van der Waals surface area contributed by atoms with E-state index in [0.29, 0.717) is 5.92 Å². The van der Waals surface area contributed by atoms with E-state index >= 15 is 0 Å². The number of hydrogen-bond acceptors (Lipinski definition) is 2. The quantitative estimate of drug-likeness (QED) is 0.866. The third-order valence-corrected chi connectivity index (χ3v) is 2.91. The van der Waals surface area contributed by atoms with Crippen molar-refractivity contribution in [2.45, 2.75) is 33.3 Å². The van der Waals surface area contributed by atoms with Gasteiger partial charge in [-0.2, -0.15) is 0 Å². The molecule has 0 aliphatic heterocycles. The number of rotatable bonds is 5. The Morgan fingerprint density at radius 1 is 1.33 bits per heavy atom. The van der Waals surface area contributed by atoms with Crippen molar-refractivity contribution >= 4 is 0 Å². The number of nitrogens with zero attached hydrogens (tertiary/aromatic N) is 1. The highest BCUT2D eigenvalue weighted by Crippen LogP contribution is 2.28. The average Bonchev–Trinajstić information content (AvgIpc) is 2.84. The fraction of sp³-hybridized carbons (Fsp3) is 0.400. The van der Waals surface area contributed by atoms with Gasteiger partial charge in [0, 0.05) is 24.2 Å². The predicted molar refractivity (Wildman–Crippen MR) is 72.6 cm³/mol. The van der Waals surface area contributed by atoms with Crippen molar-refractivity contribution in [2.75, 3.05) is 0 Å². The summed E-state index contributed by atoms with van der Waals surface area (Å²) in [5.74, 6) is 1.45. The molecule has 0 spiro atoms. The molecule has 3 heteroatoms. The Kier molecular flexibility index (Phi) is 4.03. The zero-order valence-corrected chi connectivity index (χ0v) is 11.2. The number of aryl methyl sites for hydroxylation is 1. The number of hydrogen-bond donors (Lipinski definition) is 1. The normalized spacial score (nSPS) is 12.7. The molecule has 2 heterocycles. The van der Waals surface area contributed by atoms with Crippen LogP contribution >= 0.6 is 0 Å². The predicted octanol–water partition coefficient (Wildman–Crippen LogP) is 3.88. The molecule has 0 aromatic carbocycles. The van der Waals surface area contributed by atoms with Gasteiger partial charge in [-0.1, -0.05) is 13.8 Å². The lowest BCUT2D eigenvalue weighted by Crippen LogP contribution is -2.10. The van der Waals surface area contributed by atoms with Crippen molar-refractivity contribution in [3.05, 3.63) is 48.0 Å². The van der Waals surface area contributed by atoms with E-state index in [-0.39, 0.29) is 6.10 Å². The van der Waals surface area contributed by atoms with Gasteiger partial charge in [0.1, 0.15) is 11.9 Å². The standard InChI is InChI=1S/C15H20N2O/c1-11(2)9-15(13-6-8-16-10-13)18-14-5-4-7-17-12(14)3/h4-8,10-11,15-16H,9H2,1-3H3. The van der Waals surface area contributed by atoms with E-state index < -0.39 is 0 Å². The maximum absolute atomic E-state index is 6.12. The Balaban J connectivity index is 2.18. The van der Waals surface area contributed by atoms with Crippen LogP contribution in [0.15, 0.2) is 36.8 Å². The van der Waals surface area contributed by atoms with Crippen LogP contribution < -0.4 is 4.74 Å². The monoisotopic (exact) mass is 244 g/mol. The van der Waals surface area contributed by atoms with Crippen LogP contribution in [0.5, 0.6) is 5.75 Å². The van der Waals surface area contributed by atoms with Crippen molar-refractivity contribution in [1.29, 1.82) is 0 Å². The van der Waals surface area contributed by atoms with Gasteiger partial charge in [-0.15, -0.1) is 0 Å². The number of nitrogens with one attached hydrogen (secondary N) is 1. The number of pyridine rings is 1. The molecule has 96 valence electrons.